The van der Waals surface area contributed by atoms with Gasteiger partial charge in [0.25, 0.3) is 0 Å². The van der Waals surface area contributed by atoms with Crippen molar-refractivity contribution in [2.75, 3.05) is 18.1 Å². The van der Waals surface area contributed by atoms with Gasteiger partial charge in [-0.15, -0.1) is 0 Å². The van der Waals surface area contributed by atoms with E-state index in [1.165, 1.54) is 0 Å². The van der Waals surface area contributed by atoms with Gasteiger partial charge in [0.2, 0.25) is 0 Å². The second kappa shape index (κ2) is 8.49. The number of nitrogens with one attached hydrogen (secondary N) is 2. The van der Waals surface area contributed by atoms with Gasteiger partial charge in [0.05, 0.1) is 6.54 Å². The summed E-state index contributed by atoms with van der Waals surface area (Å²) in [6, 6.07) is 14.4. The van der Waals surface area contributed by atoms with E-state index < -0.39 is 10.8 Å². The number of benzene rings is 2. The van der Waals surface area contributed by atoms with Crippen molar-refractivity contribution < 1.29 is 13.7 Å². The Morgan fingerprint density at radius 3 is 2.67 bits per heavy atom. The van der Waals surface area contributed by atoms with Crippen LogP contribution in [0.5, 0.6) is 5.75 Å². The first-order chi connectivity index (χ1) is 11.4. The number of hydrogen-bond donors (Lipinski definition) is 2. The molecule has 0 bridgehead atoms. The second-order valence-corrected chi connectivity index (χ2v) is 6.94. The fraction of sp³-hybridized carbons (Fsp3) is 0.278. The van der Waals surface area contributed by atoms with Crippen LogP contribution in [0, 0.1) is 6.92 Å². The molecule has 0 saturated heterocycles. The highest BCUT2D eigenvalue weighted by Crippen LogP contribution is 2.14. The lowest BCUT2D eigenvalue weighted by molar-refractivity contribution is 0.212. The molecule has 0 aliphatic carbocycles. The fourth-order valence-corrected chi connectivity index (χ4v) is 2.69. The molecule has 0 heterocycles. The zero-order valence-electron chi connectivity index (χ0n) is 14.0. The van der Waals surface area contributed by atoms with Gasteiger partial charge in [-0.2, -0.15) is 0 Å². The minimum atomic E-state index is -1.08. The van der Waals surface area contributed by atoms with E-state index in [4.69, 9.17) is 4.74 Å². The summed E-state index contributed by atoms with van der Waals surface area (Å²) < 4.78 is 17.2. The number of urea groups is 1. The molecule has 2 amide bonds. The van der Waals surface area contributed by atoms with Gasteiger partial charge in [0.15, 0.2) is 0 Å². The lowest BCUT2D eigenvalue weighted by Crippen LogP contribution is -2.36. The van der Waals surface area contributed by atoms with Crippen molar-refractivity contribution >= 4 is 22.5 Å². The first-order valence-corrected chi connectivity index (χ1v) is 9.21. The summed E-state index contributed by atoms with van der Waals surface area (Å²) in [7, 11) is -1.08. The molecule has 0 fully saturated rings. The first kappa shape index (κ1) is 18.0. The number of amides is 2. The maximum Gasteiger partial charge on any atom is 0.319 e. The van der Waals surface area contributed by atoms with Gasteiger partial charge in [0.1, 0.15) is 11.9 Å². The third-order valence-corrected chi connectivity index (χ3v) is 4.22. The van der Waals surface area contributed by atoms with Gasteiger partial charge in [-0.3, -0.25) is 4.21 Å². The number of carbonyl (C=O) groups is 1. The van der Waals surface area contributed by atoms with Crippen molar-refractivity contribution in [3.05, 3.63) is 54.1 Å². The number of rotatable bonds is 6. The molecule has 0 spiro atoms. The highest BCUT2D eigenvalue weighted by Gasteiger charge is 2.08. The Balaban J connectivity index is 1.82. The molecule has 2 aromatic rings. The molecule has 24 heavy (non-hydrogen) atoms. The fourth-order valence-electron chi connectivity index (χ4n) is 2.13. The number of anilines is 1. The molecule has 2 aromatic carbocycles. The summed E-state index contributed by atoms with van der Waals surface area (Å²) in [4.78, 5) is 12.6. The predicted octanol–water partition coefficient (Wildman–Crippen LogP) is 3.32. The molecule has 5 nitrogen and oxygen atoms in total. The average Bonchev–Trinajstić information content (AvgIpc) is 2.53. The third-order valence-electron chi connectivity index (χ3n) is 3.30. The Kier molecular flexibility index (Phi) is 6.37. The van der Waals surface area contributed by atoms with Gasteiger partial charge < -0.3 is 15.4 Å². The van der Waals surface area contributed by atoms with E-state index in [2.05, 4.69) is 10.6 Å². The molecule has 0 unspecified atom stereocenters. The SMILES string of the molecule is Cc1cccc(O[C@H](C)CNC(=O)Nc2cccc([S@@](C)=O)c2)c1. The van der Waals surface area contributed by atoms with E-state index in [1.54, 1.807) is 30.5 Å². The number of hydrogen-bond acceptors (Lipinski definition) is 3. The smallest absolute Gasteiger partial charge is 0.319 e. The second-order valence-electron chi connectivity index (χ2n) is 5.56. The molecular formula is C18H22N2O3S. The minimum absolute atomic E-state index is 0.160. The van der Waals surface area contributed by atoms with Gasteiger partial charge in [-0.25, -0.2) is 4.79 Å². The summed E-state index contributed by atoms with van der Waals surface area (Å²) in [5, 5.41) is 5.49. The highest BCUT2D eigenvalue weighted by molar-refractivity contribution is 7.84. The van der Waals surface area contributed by atoms with Crippen molar-refractivity contribution in [3.8, 4) is 5.75 Å². The Hall–Kier alpha value is -2.34. The van der Waals surface area contributed by atoms with Crippen molar-refractivity contribution in [3.63, 3.8) is 0 Å². The normalized spacial score (nSPS) is 13.0. The van der Waals surface area contributed by atoms with Gasteiger partial charge in [-0.1, -0.05) is 18.2 Å². The van der Waals surface area contributed by atoms with Crippen molar-refractivity contribution in [1.29, 1.82) is 0 Å². The lowest BCUT2D eigenvalue weighted by atomic mass is 10.2. The zero-order valence-corrected chi connectivity index (χ0v) is 14.9. The Bertz CT molecular complexity index is 734. The van der Waals surface area contributed by atoms with E-state index in [0.29, 0.717) is 17.1 Å². The van der Waals surface area contributed by atoms with Crippen LogP contribution in [-0.2, 0) is 10.8 Å². The molecule has 2 rings (SSSR count). The standard InChI is InChI=1S/C18H22N2O3S/c1-13-6-4-8-16(10-13)23-14(2)12-19-18(21)20-15-7-5-9-17(11-15)24(3)22/h4-11,14H,12H2,1-3H3,(H2,19,20,21)/t14-,24-/m1/s1. The molecule has 6 heteroatoms. The molecule has 0 aromatic heterocycles. The first-order valence-electron chi connectivity index (χ1n) is 7.65. The van der Waals surface area contributed by atoms with E-state index in [9.17, 15) is 9.00 Å². The zero-order chi connectivity index (χ0) is 17.5. The van der Waals surface area contributed by atoms with E-state index in [1.807, 2.05) is 38.1 Å². The quantitative estimate of drug-likeness (QED) is 0.843. The molecule has 2 N–H and O–H groups in total. The molecule has 128 valence electrons. The maximum absolute atomic E-state index is 12.0. The monoisotopic (exact) mass is 346 g/mol. The topological polar surface area (TPSA) is 67.4 Å². The van der Waals surface area contributed by atoms with Crippen LogP contribution in [0.4, 0.5) is 10.5 Å². The van der Waals surface area contributed by atoms with Crippen molar-refractivity contribution in [2.24, 2.45) is 0 Å². The summed E-state index contributed by atoms with van der Waals surface area (Å²) in [6.07, 6.45) is 1.44. The van der Waals surface area contributed by atoms with Crippen LogP contribution in [0.2, 0.25) is 0 Å². The maximum atomic E-state index is 12.0. The van der Waals surface area contributed by atoms with Gasteiger partial charge in [-0.05, 0) is 49.7 Å². The lowest BCUT2D eigenvalue weighted by Gasteiger charge is -2.16. The average molecular weight is 346 g/mol. The summed E-state index contributed by atoms with van der Waals surface area (Å²) >= 11 is 0. The van der Waals surface area contributed by atoms with Crippen LogP contribution < -0.4 is 15.4 Å². The highest BCUT2D eigenvalue weighted by atomic mass is 32.2. The third kappa shape index (κ3) is 5.70. The van der Waals surface area contributed by atoms with Gasteiger partial charge >= 0.3 is 6.03 Å². The Morgan fingerprint density at radius 2 is 1.96 bits per heavy atom. The van der Waals surface area contributed by atoms with Crippen molar-refractivity contribution in [1.82, 2.24) is 5.32 Å². The minimum Gasteiger partial charge on any atom is -0.489 e. The Labute approximate surface area is 144 Å². The summed E-state index contributed by atoms with van der Waals surface area (Å²) in [5.41, 5.74) is 1.73. The molecule has 0 aliphatic heterocycles. The van der Waals surface area contributed by atoms with Crippen LogP contribution >= 0.6 is 0 Å². The number of ether oxygens (including phenoxy) is 1. The molecule has 0 radical (unpaired) electrons. The van der Waals surface area contributed by atoms with E-state index in [-0.39, 0.29) is 12.1 Å². The van der Waals surface area contributed by atoms with E-state index >= 15 is 0 Å². The predicted molar refractivity (Wildman–Crippen MR) is 97.1 cm³/mol. The summed E-state index contributed by atoms with van der Waals surface area (Å²) in [5.74, 6) is 0.780. The van der Waals surface area contributed by atoms with Crippen LogP contribution in [0.1, 0.15) is 12.5 Å². The van der Waals surface area contributed by atoms with Crippen LogP contribution in [0.3, 0.4) is 0 Å². The summed E-state index contributed by atoms with van der Waals surface area (Å²) in [6.45, 7) is 4.27. The number of carbonyl (C=O) groups excluding carboxylic acids is 1. The van der Waals surface area contributed by atoms with Crippen molar-refractivity contribution in [2.45, 2.75) is 24.8 Å². The number of aryl methyl sites for hydroxylation is 1. The Morgan fingerprint density at radius 1 is 1.21 bits per heavy atom. The van der Waals surface area contributed by atoms with Crippen LogP contribution in [0.15, 0.2) is 53.4 Å². The molecule has 2 atom stereocenters. The largest absolute Gasteiger partial charge is 0.489 e. The molecular weight excluding hydrogens is 324 g/mol. The van der Waals surface area contributed by atoms with E-state index in [0.717, 1.165) is 11.3 Å². The molecule has 0 aliphatic rings. The van der Waals surface area contributed by atoms with Gasteiger partial charge in [0, 0.05) is 27.6 Å². The molecule has 0 saturated carbocycles. The van der Waals surface area contributed by atoms with Crippen LogP contribution in [-0.4, -0.2) is 29.1 Å². The van der Waals surface area contributed by atoms with Crippen LogP contribution in [0.25, 0.3) is 0 Å².